The molecule has 1 aliphatic rings. The lowest BCUT2D eigenvalue weighted by Gasteiger charge is -2.19. The highest BCUT2D eigenvalue weighted by Gasteiger charge is 2.26. The third-order valence-electron chi connectivity index (χ3n) is 4.33. The van der Waals surface area contributed by atoms with Gasteiger partial charge in [0, 0.05) is 6.04 Å². The van der Waals surface area contributed by atoms with Gasteiger partial charge in [0.15, 0.2) is 6.10 Å². The lowest BCUT2D eigenvalue weighted by molar-refractivity contribution is -0.129. The standard InChI is InChI=1S/C17H26N2O4/c1-4-14-15(11(2)23-19-14)17(21)22-12(3)16(20)18-13-9-7-5-6-8-10-13/h12-13H,4-10H2,1-3H3,(H,18,20)/t12-/m1/s1. The first-order valence-corrected chi connectivity index (χ1v) is 8.49. The molecule has 0 radical (unpaired) electrons. The first-order chi connectivity index (χ1) is 11.0. The van der Waals surface area contributed by atoms with Gasteiger partial charge < -0.3 is 14.6 Å². The van der Waals surface area contributed by atoms with Crippen LogP contribution in [0.1, 0.15) is 74.2 Å². The van der Waals surface area contributed by atoms with Gasteiger partial charge >= 0.3 is 5.97 Å². The largest absolute Gasteiger partial charge is 0.449 e. The number of carbonyl (C=O) groups excluding carboxylic acids is 2. The van der Waals surface area contributed by atoms with Crippen LogP contribution in [0.5, 0.6) is 0 Å². The van der Waals surface area contributed by atoms with Crippen LogP contribution in [-0.4, -0.2) is 29.2 Å². The summed E-state index contributed by atoms with van der Waals surface area (Å²) in [6.07, 6.45) is 6.47. The van der Waals surface area contributed by atoms with Crippen molar-refractivity contribution >= 4 is 11.9 Å². The number of aromatic nitrogens is 1. The van der Waals surface area contributed by atoms with Crippen molar-refractivity contribution in [1.82, 2.24) is 10.5 Å². The molecule has 6 heteroatoms. The Morgan fingerprint density at radius 3 is 2.57 bits per heavy atom. The van der Waals surface area contributed by atoms with E-state index in [9.17, 15) is 9.59 Å². The van der Waals surface area contributed by atoms with E-state index in [-0.39, 0.29) is 11.9 Å². The quantitative estimate of drug-likeness (QED) is 0.666. The molecule has 0 unspecified atom stereocenters. The normalized spacial score (nSPS) is 17.3. The maximum atomic E-state index is 12.3. The Kier molecular flexibility index (Phi) is 6.19. The fourth-order valence-electron chi connectivity index (χ4n) is 2.94. The predicted molar refractivity (Wildman–Crippen MR) is 85.1 cm³/mol. The summed E-state index contributed by atoms with van der Waals surface area (Å²) in [6, 6.07) is 0.190. The van der Waals surface area contributed by atoms with E-state index in [0.29, 0.717) is 23.4 Å². The van der Waals surface area contributed by atoms with Gasteiger partial charge in [-0.15, -0.1) is 0 Å². The molecule has 0 aliphatic heterocycles. The number of nitrogens with zero attached hydrogens (tertiary/aromatic N) is 1. The number of amides is 1. The number of esters is 1. The van der Waals surface area contributed by atoms with E-state index in [1.807, 2.05) is 6.92 Å². The van der Waals surface area contributed by atoms with Crippen LogP contribution in [0.25, 0.3) is 0 Å². The fourth-order valence-corrected chi connectivity index (χ4v) is 2.94. The highest BCUT2D eigenvalue weighted by Crippen LogP contribution is 2.18. The summed E-state index contributed by atoms with van der Waals surface area (Å²) in [5.74, 6) is -0.371. The summed E-state index contributed by atoms with van der Waals surface area (Å²) in [6.45, 7) is 5.15. The summed E-state index contributed by atoms with van der Waals surface area (Å²) >= 11 is 0. The van der Waals surface area contributed by atoms with Crippen molar-refractivity contribution in [1.29, 1.82) is 0 Å². The number of ether oxygens (including phenoxy) is 1. The van der Waals surface area contributed by atoms with E-state index in [4.69, 9.17) is 9.26 Å². The second kappa shape index (κ2) is 8.13. The molecule has 0 saturated heterocycles. The monoisotopic (exact) mass is 322 g/mol. The molecule has 0 spiro atoms. The molecule has 1 heterocycles. The van der Waals surface area contributed by atoms with Gasteiger partial charge in [-0.3, -0.25) is 4.79 Å². The topological polar surface area (TPSA) is 81.4 Å². The Hall–Kier alpha value is -1.85. The van der Waals surface area contributed by atoms with Crippen LogP contribution in [-0.2, 0) is 16.0 Å². The maximum absolute atomic E-state index is 12.3. The minimum atomic E-state index is -0.829. The Morgan fingerprint density at radius 2 is 1.96 bits per heavy atom. The molecule has 1 atom stereocenters. The fraction of sp³-hybridized carbons (Fsp3) is 0.706. The van der Waals surface area contributed by atoms with Crippen LogP contribution in [0.2, 0.25) is 0 Å². The SMILES string of the molecule is CCc1noc(C)c1C(=O)O[C@H](C)C(=O)NC1CCCCCC1. The van der Waals surface area contributed by atoms with Gasteiger partial charge in [-0.1, -0.05) is 37.8 Å². The summed E-state index contributed by atoms with van der Waals surface area (Å²) in [5.41, 5.74) is 0.894. The Morgan fingerprint density at radius 1 is 1.30 bits per heavy atom. The molecule has 6 nitrogen and oxygen atoms in total. The molecular formula is C17H26N2O4. The first-order valence-electron chi connectivity index (χ1n) is 8.49. The van der Waals surface area contributed by atoms with Crippen molar-refractivity contribution in [2.24, 2.45) is 0 Å². The van der Waals surface area contributed by atoms with Gasteiger partial charge in [0.05, 0.1) is 5.69 Å². The maximum Gasteiger partial charge on any atom is 0.344 e. The Bertz CT molecular complexity index is 545. The van der Waals surface area contributed by atoms with Crippen LogP contribution in [0.3, 0.4) is 0 Å². The molecule has 1 fully saturated rings. The first kappa shape index (κ1) is 17.5. The zero-order chi connectivity index (χ0) is 16.8. The molecule has 1 aromatic heterocycles. The molecule has 2 rings (SSSR count). The van der Waals surface area contributed by atoms with Gasteiger partial charge in [0.1, 0.15) is 11.3 Å². The van der Waals surface area contributed by atoms with Crippen LogP contribution in [0.15, 0.2) is 4.52 Å². The zero-order valence-electron chi connectivity index (χ0n) is 14.2. The third-order valence-corrected chi connectivity index (χ3v) is 4.33. The van der Waals surface area contributed by atoms with Crippen LogP contribution in [0.4, 0.5) is 0 Å². The van der Waals surface area contributed by atoms with Crippen molar-refractivity contribution < 1.29 is 18.8 Å². The number of rotatable bonds is 5. The summed E-state index contributed by atoms with van der Waals surface area (Å²) in [4.78, 5) is 24.5. The lowest BCUT2D eigenvalue weighted by Crippen LogP contribution is -2.42. The van der Waals surface area contributed by atoms with Crippen LogP contribution in [0, 0.1) is 6.92 Å². The van der Waals surface area contributed by atoms with Gasteiger partial charge in [-0.2, -0.15) is 0 Å². The second-order valence-electron chi connectivity index (χ2n) is 6.16. The van der Waals surface area contributed by atoms with E-state index in [1.165, 1.54) is 12.8 Å². The molecule has 1 aromatic rings. The molecule has 1 aliphatic carbocycles. The molecular weight excluding hydrogens is 296 g/mol. The Labute approximate surface area is 136 Å². The van der Waals surface area contributed by atoms with E-state index in [2.05, 4.69) is 10.5 Å². The molecule has 1 amide bonds. The van der Waals surface area contributed by atoms with Gasteiger partial charge in [-0.25, -0.2) is 4.79 Å². The zero-order valence-corrected chi connectivity index (χ0v) is 14.2. The van der Waals surface area contributed by atoms with Gasteiger partial charge in [0.2, 0.25) is 0 Å². The van der Waals surface area contributed by atoms with Crippen LogP contribution >= 0.6 is 0 Å². The van der Waals surface area contributed by atoms with Crippen molar-refractivity contribution in [3.8, 4) is 0 Å². The van der Waals surface area contributed by atoms with Crippen molar-refractivity contribution in [3.63, 3.8) is 0 Å². The third kappa shape index (κ3) is 4.56. The lowest BCUT2D eigenvalue weighted by atomic mass is 10.1. The van der Waals surface area contributed by atoms with Crippen molar-refractivity contribution in [3.05, 3.63) is 17.0 Å². The average Bonchev–Trinajstić information content (AvgIpc) is 2.72. The number of nitrogens with one attached hydrogen (secondary N) is 1. The number of hydrogen-bond donors (Lipinski definition) is 1. The predicted octanol–water partition coefficient (Wildman–Crippen LogP) is 2.93. The van der Waals surface area contributed by atoms with E-state index >= 15 is 0 Å². The summed E-state index contributed by atoms with van der Waals surface area (Å²) in [5, 5.41) is 6.83. The van der Waals surface area contributed by atoms with E-state index in [1.54, 1.807) is 13.8 Å². The van der Waals surface area contributed by atoms with Crippen LogP contribution < -0.4 is 5.32 Å². The Balaban J connectivity index is 1.92. The highest BCUT2D eigenvalue weighted by molar-refractivity contribution is 5.94. The summed E-state index contributed by atoms with van der Waals surface area (Å²) in [7, 11) is 0. The smallest absolute Gasteiger partial charge is 0.344 e. The minimum absolute atomic E-state index is 0.190. The van der Waals surface area contributed by atoms with Crippen molar-refractivity contribution in [2.75, 3.05) is 0 Å². The van der Waals surface area contributed by atoms with Gasteiger partial charge in [0.25, 0.3) is 5.91 Å². The molecule has 128 valence electrons. The van der Waals surface area contributed by atoms with E-state index < -0.39 is 12.1 Å². The molecule has 1 N–H and O–H groups in total. The number of hydrogen-bond acceptors (Lipinski definition) is 5. The average molecular weight is 322 g/mol. The second-order valence-corrected chi connectivity index (χ2v) is 6.16. The number of aryl methyl sites for hydroxylation is 2. The molecule has 23 heavy (non-hydrogen) atoms. The highest BCUT2D eigenvalue weighted by atomic mass is 16.5. The number of carbonyl (C=O) groups is 2. The summed E-state index contributed by atoms with van der Waals surface area (Å²) < 4.78 is 10.3. The van der Waals surface area contributed by atoms with Gasteiger partial charge in [-0.05, 0) is 33.1 Å². The van der Waals surface area contributed by atoms with Crippen molar-refractivity contribution in [2.45, 2.75) is 77.9 Å². The molecule has 0 bridgehead atoms. The minimum Gasteiger partial charge on any atom is -0.449 e. The van der Waals surface area contributed by atoms with E-state index in [0.717, 1.165) is 25.7 Å². The molecule has 0 aromatic carbocycles. The molecule has 1 saturated carbocycles.